The molecule has 4 heteroatoms. The van der Waals surface area contributed by atoms with Crippen molar-refractivity contribution < 1.29 is 9.53 Å². The van der Waals surface area contributed by atoms with Gasteiger partial charge in [-0.2, -0.15) is 0 Å². The number of nitrogens with one attached hydrogen (secondary N) is 1. The van der Waals surface area contributed by atoms with Gasteiger partial charge in [0.15, 0.2) is 6.10 Å². The molecule has 0 spiro atoms. The zero-order chi connectivity index (χ0) is 16.1. The zero-order valence-electron chi connectivity index (χ0n) is 13.0. The molecule has 0 heterocycles. The first-order chi connectivity index (χ1) is 10.5. The van der Waals surface area contributed by atoms with Crippen molar-refractivity contribution in [1.82, 2.24) is 5.32 Å². The van der Waals surface area contributed by atoms with Crippen LogP contribution in [-0.4, -0.2) is 12.0 Å². The van der Waals surface area contributed by atoms with E-state index in [9.17, 15) is 4.79 Å². The summed E-state index contributed by atoms with van der Waals surface area (Å²) in [7, 11) is 0. The molecule has 3 nitrogen and oxygen atoms in total. The Kier molecular flexibility index (Phi) is 5.45. The number of hydrogen-bond donors (Lipinski definition) is 1. The van der Waals surface area contributed by atoms with Gasteiger partial charge >= 0.3 is 0 Å². The molecule has 0 fully saturated rings. The molecule has 2 aromatic rings. The van der Waals surface area contributed by atoms with Gasteiger partial charge in [0.2, 0.25) is 0 Å². The van der Waals surface area contributed by atoms with Crippen LogP contribution in [0, 0.1) is 6.92 Å². The highest BCUT2D eigenvalue weighted by molar-refractivity contribution is 6.31. The molecule has 0 radical (unpaired) electrons. The van der Waals surface area contributed by atoms with E-state index in [1.807, 2.05) is 50.2 Å². The van der Waals surface area contributed by atoms with E-state index in [0.717, 1.165) is 11.1 Å². The summed E-state index contributed by atoms with van der Waals surface area (Å²) < 4.78 is 5.68. The van der Waals surface area contributed by atoms with Gasteiger partial charge in [0.05, 0.1) is 6.04 Å². The van der Waals surface area contributed by atoms with Crippen LogP contribution >= 0.6 is 11.6 Å². The first-order valence-electron chi connectivity index (χ1n) is 7.25. The van der Waals surface area contributed by atoms with Crippen LogP contribution in [0.25, 0.3) is 0 Å². The minimum atomic E-state index is -0.577. The Labute approximate surface area is 136 Å². The summed E-state index contributed by atoms with van der Waals surface area (Å²) in [5.74, 6) is 0.487. The van der Waals surface area contributed by atoms with Crippen LogP contribution in [0.1, 0.15) is 31.0 Å². The SMILES string of the molecule is Cc1cc(O[C@@H](C)C(=O)N[C@H](C)c2ccccc2)ccc1Cl. The van der Waals surface area contributed by atoms with E-state index >= 15 is 0 Å². The molecule has 0 saturated heterocycles. The molecule has 2 rings (SSSR count). The van der Waals surface area contributed by atoms with Crippen LogP contribution in [0.3, 0.4) is 0 Å². The predicted molar refractivity (Wildman–Crippen MR) is 89.3 cm³/mol. The molecule has 1 N–H and O–H groups in total. The molecule has 0 aliphatic rings. The molecule has 2 atom stereocenters. The molecule has 2 aromatic carbocycles. The second-order valence-corrected chi connectivity index (χ2v) is 5.72. The lowest BCUT2D eigenvalue weighted by atomic mass is 10.1. The van der Waals surface area contributed by atoms with Crippen molar-refractivity contribution in [2.75, 3.05) is 0 Å². The summed E-state index contributed by atoms with van der Waals surface area (Å²) in [6.45, 7) is 5.58. The minimum Gasteiger partial charge on any atom is -0.481 e. The minimum absolute atomic E-state index is 0.0632. The largest absolute Gasteiger partial charge is 0.481 e. The van der Waals surface area contributed by atoms with Gasteiger partial charge in [0.1, 0.15) is 5.75 Å². The molecule has 0 aliphatic heterocycles. The molecule has 22 heavy (non-hydrogen) atoms. The number of aryl methyl sites for hydroxylation is 1. The quantitative estimate of drug-likeness (QED) is 0.893. The predicted octanol–water partition coefficient (Wildman–Crippen LogP) is 4.29. The number of rotatable bonds is 5. The van der Waals surface area contributed by atoms with Crippen LogP contribution in [0.5, 0.6) is 5.75 Å². The third-order valence-corrected chi connectivity index (χ3v) is 3.89. The van der Waals surface area contributed by atoms with Crippen molar-refractivity contribution in [3.63, 3.8) is 0 Å². The fourth-order valence-electron chi connectivity index (χ4n) is 2.10. The molecular formula is C18H20ClNO2. The Hall–Kier alpha value is -2.00. The number of carbonyl (C=O) groups is 1. The first-order valence-corrected chi connectivity index (χ1v) is 7.63. The number of benzene rings is 2. The number of carbonyl (C=O) groups excluding carboxylic acids is 1. The van der Waals surface area contributed by atoms with E-state index in [0.29, 0.717) is 10.8 Å². The standard InChI is InChI=1S/C18H20ClNO2/c1-12-11-16(9-10-17(12)19)22-14(3)18(21)20-13(2)15-7-5-4-6-8-15/h4-11,13-14H,1-3H3,(H,20,21)/t13-,14+/m1/s1. The molecule has 116 valence electrons. The number of amides is 1. The van der Waals surface area contributed by atoms with Crippen molar-refractivity contribution in [2.45, 2.75) is 32.9 Å². The Bertz CT molecular complexity index is 643. The van der Waals surface area contributed by atoms with Crippen molar-refractivity contribution >= 4 is 17.5 Å². The topological polar surface area (TPSA) is 38.3 Å². The van der Waals surface area contributed by atoms with E-state index in [4.69, 9.17) is 16.3 Å². The molecule has 0 aromatic heterocycles. The molecule has 1 amide bonds. The number of hydrogen-bond acceptors (Lipinski definition) is 2. The Morgan fingerprint density at radius 1 is 1.14 bits per heavy atom. The van der Waals surface area contributed by atoms with Crippen molar-refractivity contribution in [2.24, 2.45) is 0 Å². The van der Waals surface area contributed by atoms with Gasteiger partial charge in [-0.3, -0.25) is 4.79 Å². The summed E-state index contributed by atoms with van der Waals surface area (Å²) in [5, 5.41) is 3.63. The monoisotopic (exact) mass is 317 g/mol. The highest BCUT2D eigenvalue weighted by Gasteiger charge is 2.17. The van der Waals surface area contributed by atoms with E-state index in [2.05, 4.69) is 5.32 Å². The highest BCUT2D eigenvalue weighted by atomic mass is 35.5. The van der Waals surface area contributed by atoms with Crippen molar-refractivity contribution in [3.05, 3.63) is 64.7 Å². The summed E-state index contributed by atoms with van der Waals surface area (Å²) in [6, 6.07) is 15.1. The van der Waals surface area contributed by atoms with Gasteiger partial charge in [-0.05, 0) is 50.1 Å². The Balaban J connectivity index is 1.95. The molecule has 0 saturated carbocycles. The van der Waals surface area contributed by atoms with E-state index in [1.54, 1.807) is 19.1 Å². The first kappa shape index (κ1) is 16.4. The van der Waals surface area contributed by atoms with Gasteiger partial charge in [0, 0.05) is 5.02 Å². The summed E-state index contributed by atoms with van der Waals surface area (Å²) in [4.78, 5) is 12.2. The molecule has 0 bridgehead atoms. The lowest BCUT2D eigenvalue weighted by molar-refractivity contribution is -0.127. The van der Waals surface area contributed by atoms with E-state index in [-0.39, 0.29) is 11.9 Å². The van der Waals surface area contributed by atoms with Crippen LogP contribution < -0.4 is 10.1 Å². The highest BCUT2D eigenvalue weighted by Crippen LogP contribution is 2.22. The zero-order valence-corrected chi connectivity index (χ0v) is 13.7. The van der Waals surface area contributed by atoms with Gasteiger partial charge < -0.3 is 10.1 Å². The van der Waals surface area contributed by atoms with Crippen LogP contribution in [0.2, 0.25) is 5.02 Å². The van der Waals surface area contributed by atoms with Crippen molar-refractivity contribution in [3.8, 4) is 5.75 Å². The fourth-order valence-corrected chi connectivity index (χ4v) is 2.22. The average Bonchev–Trinajstić information content (AvgIpc) is 2.51. The molecule has 0 aliphatic carbocycles. The van der Waals surface area contributed by atoms with Gasteiger partial charge in [-0.15, -0.1) is 0 Å². The maximum absolute atomic E-state index is 12.2. The van der Waals surface area contributed by atoms with Gasteiger partial charge in [-0.25, -0.2) is 0 Å². The Morgan fingerprint density at radius 2 is 1.82 bits per heavy atom. The second-order valence-electron chi connectivity index (χ2n) is 5.31. The van der Waals surface area contributed by atoms with Crippen LogP contribution in [0.4, 0.5) is 0 Å². The van der Waals surface area contributed by atoms with Gasteiger partial charge in [-0.1, -0.05) is 41.9 Å². The Morgan fingerprint density at radius 3 is 2.45 bits per heavy atom. The fraction of sp³-hybridized carbons (Fsp3) is 0.278. The maximum atomic E-state index is 12.2. The smallest absolute Gasteiger partial charge is 0.261 e. The summed E-state index contributed by atoms with van der Waals surface area (Å²) >= 11 is 5.98. The lowest BCUT2D eigenvalue weighted by Gasteiger charge is -2.19. The van der Waals surface area contributed by atoms with Crippen LogP contribution in [0.15, 0.2) is 48.5 Å². The molecule has 0 unspecified atom stereocenters. The third-order valence-electron chi connectivity index (χ3n) is 3.47. The average molecular weight is 318 g/mol. The summed E-state index contributed by atoms with van der Waals surface area (Å²) in [5.41, 5.74) is 1.98. The number of ether oxygens (including phenoxy) is 1. The second kappa shape index (κ2) is 7.32. The number of halogens is 1. The van der Waals surface area contributed by atoms with E-state index in [1.165, 1.54) is 0 Å². The lowest BCUT2D eigenvalue weighted by Crippen LogP contribution is -2.37. The normalized spacial score (nSPS) is 13.3. The molecular weight excluding hydrogens is 298 g/mol. The van der Waals surface area contributed by atoms with Crippen LogP contribution in [-0.2, 0) is 4.79 Å². The maximum Gasteiger partial charge on any atom is 0.261 e. The summed E-state index contributed by atoms with van der Waals surface area (Å²) in [6.07, 6.45) is -0.577. The van der Waals surface area contributed by atoms with Gasteiger partial charge in [0.25, 0.3) is 5.91 Å². The van der Waals surface area contributed by atoms with E-state index < -0.39 is 6.10 Å². The third kappa shape index (κ3) is 4.25. The van der Waals surface area contributed by atoms with Crippen molar-refractivity contribution in [1.29, 1.82) is 0 Å².